The topological polar surface area (TPSA) is 52.0 Å². The molecule has 4 N–H and O–H groups in total. The van der Waals surface area contributed by atoms with Crippen LogP contribution < -0.4 is 11.5 Å². The summed E-state index contributed by atoms with van der Waals surface area (Å²) in [5, 5.41) is 0. The van der Waals surface area contributed by atoms with Crippen LogP contribution in [0.1, 0.15) is 32.3 Å². The van der Waals surface area contributed by atoms with E-state index in [2.05, 4.69) is 32.1 Å². The van der Waals surface area contributed by atoms with Gasteiger partial charge in [0.25, 0.3) is 0 Å². The second kappa shape index (κ2) is 4.28. The first-order valence-electron chi connectivity index (χ1n) is 6.02. The maximum Gasteiger partial charge on any atom is 0.0314 e. The zero-order valence-corrected chi connectivity index (χ0v) is 10.5. The van der Waals surface area contributed by atoms with Gasteiger partial charge in [-0.3, -0.25) is 0 Å². The first-order chi connectivity index (χ1) is 8.00. The predicted molar refractivity (Wildman–Crippen MR) is 73.5 cm³/mol. The lowest BCUT2D eigenvalue weighted by molar-refractivity contribution is 0.586. The van der Waals surface area contributed by atoms with Gasteiger partial charge in [0.05, 0.1) is 0 Å². The van der Waals surface area contributed by atoms with E-state index in [1.165, 1.54) is 11.1 Å². The molecule has 1 aliphatic carbocycles. The summed E-state index contributed by atoms with van der Waals surface area (Å²) in [6.45, 7) is 4.50. The zero-order chi connectivity index (χ0) is 12.5. The SMILES string of the molecule is CC(C)(C1=CC=C(N)CC1)c1ccc(N)cc1. The summed E-state index contributed by atoms with van der Waals surface area (Å²) >= 11 is 0. The zero-order valence-electron chi connectivity index (χ0n) is 10.5. The Morgan fingerprint density at radius 1 is 0.941 bits per heavy atom. The number of nitrogens with two attached hydrogens (primary N) is 2. The molecular formula is C15H20N2. The van der Waals surface area contributed by atoms with E-state index in [0.29, 0.717) is 0 Å². The van der Waals surface area contributed by atoms with Crippen LogP contribution in [0, 0.1) is 0 Å². The van der Waals surface area contributed by atoms with E-state index in [-0.39, 0.29) is 5.41 Å². The molecule has 2 rings (SSSR count). The van der Waals surface area contributed by atoms with Gasteiger partial charge in [0.15, 0.2) is 0 Å². The smallest absolute Gasteiger partial charge is 0.0314 e. The number of benzene rings is 1. The summed E-state index contributed by atoms with van der Waals surface area (Å²) in [4.78, 5) is 0. The Morgan fingerprint density at radius 2 is 1.59 bits per heavy atom. The van der Waals surface area contributed by atoms with Gasteiger partial charge in [-0.1, -0.05) is 37.6 Å². The third-order valence-corrected chi connectivity index (χ3v) is 3.62. The molecule has 0 radical (unpaired) electrons. The molecule has 17 heavy (non-hydrogen) atoms. The molecule has 0 aromatic heterocycles. The van der Waals surface area contributed by atoms with E-state index in [1.54, 1.807) is 0 Å². The Balaban J connectivity index is 2.33. The maximum absolute atomic E-state index is 5.80. The Morgan fingerprint density at radius 3 is 2.12 bits per heavy atom. The molecule has 0 saturated heterocycles. The Hall–Kier alpha value is -1.70. The molecule has 0 amide bonds. The van der Waals surface area contributed by atoms with E-state index >= 15 is 0 Å². The third-order valence-electron chi connectivity index (χ3n) is 3.62. The minimum Gasteiger partial charge on any atom is -0.402 e. The molecule has 1 aliphatic rings. The molecule has 0 spiro atoms. The number of nitrogen functional groups attached to an aromatic ring is 1. The van der Waals surface area contributed by atoms with Crippen molar-refractivity contribution in [3.63, 3.8) is 0 Å². The van der Waals surface area contributed by atoms with Gasteiger partial charge in [0.1, 0.15) is 0 Å². The summed E-state index contributed by atoms with van der Waals surface area (Å²) in [5.41, 5.74) is 16.1. The summed E-state index contributed by atoms with van der Waals surface area (Å²) in [5.74, 6) is 0. The van der Waals surface area contributed by atoms with Gasteiger partial charge in [-0.2, -0.15) is 0 Å². The highest BCUT2D eigenvalue weighted by atomic mass is 14.6. The van der Waals surface area contributed by atoms with Crippen molar-refractivity contribution < 1.29 is 0 Å². The van der Waals surface area contributed by atoms with Crippen molar-refractivity contribution in [3.05, 3.63) is 53.3 Å². The molecule has 1 aromatic carbocycles. The van der Waals surface area contributed by atoms with Crippen LogP contribution in [0.3, 0.4) is 0 Å². The molecule has 0 fully saturated rings. The Bertz CT molecular complexity index is 464. The first kappa shape index (κ1) is 11.8. The molecule has 0 bridgehead atoms. The lowest BCUT2D eigenvalue weighted by atomic mass is 9.74. The number of hydrogen-bond acceptors (Lipinski definition) is 2. The standard InChI is InChI=1S/C15H20N2/c1-15(2,11-3-7-13(16)8-4-11)12-5-9-14(17)10-6-12/h3-5,7-9H,6,10,16-17H2,1-2H3. The highest BCUT2D eigenvalue weighted by Crippen LogP contribution is 2.36. The van der Waals surface area contributed by atoms with Gasteiger partial charge in [-0.25, -0.2) is 0 Å². The third kappa shape index (κ3) is 2.36. The summed E-state index contributed by atoms with van der Waals surface area (Å²) < 4.78 is 0. The van der Waals surface area contributed by atoms with Crippen LogP contribution in [0.2, 0.25) is 0 Å². The molecule has 0 heterocycles. The summed E-state index contributed by atoms with van der Waals surface area (Å²) in [7, 11) is 0. The molecule has 0 atom stereocenters. The quantitative estimate of drug-likeness (QED) is 0.764. The van der Waals surface area contributed by atoms with Crippen LogP contribution >= 0.6 is 0 Å². The van der Waals surface area contributed by atoms with E-state index in [0.717, 1.165) is 24.2 Å². The van der Waals surface area contributed by atoms with Crippen LogP contribution in [0.5, 0.6) is 0 Å². The fourth-order valence-electron chi connectivity index (χ4n) is 2.26. The second-order valence-corrected chi connectivity index (χ2v) is 5.18. The highest BCUT2D eigenvalue weighted by Gasteiger charge is 2.25. The second-order valence-electron chi connectivity index (χ2n) is 5.18. The normalized spacial score (nSPS) is 16.4. The highest BCUT2D eigenvalue weighted by molar-refractivity contribution is 5.45. The molecule has 0 unspecified atom stereocenters. The van der Waals surface area contributed by atoms with Crippen LogP contribution in [-0.2, 0) is 5.41 Å². The minimum atomic E-state index is 0.0465. The maximum atomic E-state index is 5.80. The average Bonchev–Trinajstić information content (AvgIpc) is 2.30. The van der Waals surface area contributed by atoms with Crippen LogP contribution in [0.25, 0.3) is 0 Å². The molecular weight excluding hydrogens is 208 g/mol. The van der Waals surface area contributed by atoms with E-state index < -0.39 is 0 Å². The molecule has 2 heteroatoms. The fourth-order valence-corrected chi connectivity index (χ4v) is 2.26. The van der Waals surface area contributed by atoms with Crippen molar-refractivity contribution in [3.8, 4) is 0 Å². The van der Waals surface area contributed by atoms with Gasteiger partial charge >= 0.3 is 0 Å². The summed E-state index contributed by atoms with van der Waals surface area (Å²) in [6.07, 6.45) is 6.19. The van der Waals surface area contributed by atoms with Crippen LogP contribution in [0.4, 0.5) is 5.69 Å². The van der Waals surface area contributed by atoms with Gasteiger partial charge in [-0.15, -0.1) is 0 Å². The number of hydrogen-bond donors (Lipinski definition) is 2. The lowest BCUT2D eigenvalue weighted by Crippen LogP contribution is -2.22. The molecule has 2 nitrogen and oxygen atoms in total. The van der Waals surface area contributed by atoms with Crippen LogP contribution in [0.15, 0.2) is 47.7 Å². The van der Waals surface area contributed by atoms with Gasteiger partial charge in [0, 0.05) is 16.8 Å². The molecule has 0 saturated carbocycles. The largest absolute Gasteiger partial charge is 0.402 e. The van der Waals surface area contributed by atoms with Gasteiger partial charge in [0.2, 0.25) is 0 Å². The lowest BCUT2D eigenvalue weighted by Gasteiger charge is -2.30. The molecule has 90 valence electrons. The predicted octanol–water partition coefficient (Wildman–Crippen LogP) is 3.11. The number of anilines is 1. The summed E-state index contributed by atoms with van der Waals surface area (Å²) in [6, 6.07) is 8.14. The van der Waals surface area contributed by atoms with Gasteiger partial charge in [-0.05, 0) is 36.6 Å². The average molecular weight is 228 g/mol. The van der Waals surface area contributed by atoms with Crippen molar-refractivity contribution in [1.29, 1.82) is 0 Å². The minimum absolute atomic E-state index is 0.0465. The van der Waals surface area contributed by atoms with Gasteiger partial charge < -0.3 is 11.5 Å². The van der Waals surface area contributed by atoms with Crippen molar-refractivity contribution in [1.82, 2.24) is 0 Å². The Kier molecular flexibility index (Phi) is 2.97. The number of rotatable bonds is 2. The fraction of sp³-hybridized carbons (Fsp3) is 0.333. The van der Waals surface area contributed by atoms with Crippen molar-refractivity contribution in [2.24, 2.45) is 5.73 Å². The first-order valence-corrected chi connectivity index (χ1v) is 6.02. The van der Waals surface area contributed by atoms with E-state index in [4.69, 9.17) is 11.5 Å². The Labute approximate surface area is 103 Å². The van der Waals surface area contributed by atoms with Crippen molar-refractivity contribution in [2.75, 3.05) is 5.73 Å². The monoisotopic (exact) mass is 228 g/mol. The van der Waals surface area contributed by atoms with Crippen LogP contribution in [-0.4, -0.2) is 0 Å². The van der Waals surface area contributed by atoms with E-state index in [9.17, 15) is 0 Å². The van der Waals surface area contributed by atoms with E-state index in [1.807, 2.05) is 18.2 Å². The molecule has 0 aliphatic heterocycles. The van der Waals surface area contributed by atoms with Crippen molar-refractivity contribution in [2.45, 2.75) is 32.1 Å². The molecule has 1 aromatic rings. The number of allylic oxidation sites excluding steroid dienone is 4. The van der Waals surface area contributed by atoms with Crippen molar-refractivity contribution >= 4 is 5.69 Å².